The number of carbonyl (C=O) groups excluding carboxylic acids is 2. The van der Waals surface area contributed by atoms with Crippen molar-refractivity contribution in [1.82, 2.24) is 10.2 Å². The van der Waals surface area contributed by atoms with Crippen LogP contribution in [0.15, 0.2) is 48.5 Å². The summed E-state index contributed by atoms with van der Waals surface area (Å²) in [6.07, 6.45) is 0.548. The molecule has 0 radical (unpaired) electrons. The summed E-state index contributed by atoms with van der Waals surface area (Å²) in [5, 5.41) is 2.84. The summed E-state index contributed by atoms with van der Waals surface area (Å²) >= 11 is 1.47. The van der Waals surface area contributed by atoms with Gasteiger partial charge in [-0.2, -0.15) is 0 Å². The van der Waals surface area contributed by atoms with Crippen LogP contribution in [0.3, 0.4) is 0 Å². The SMILES string of the molecule is CCNC(=O)C(CC)N(Cc1cccc(C)c1)C(=O)CSCc1ccc(F)cc1. The van der Waals surface area contributed by atoms with Crippen molar-refractivity contribution >= 4 is 23.6 Å². The zero-order chi connectivity index (χ0) is 21.2. The van der Waals surface area contributed by atoms with E-state index < -0.39 is 6.04 Å². The third kappa shape index (κ3) is 7.20. The van der Waals surface area contributed by atoms with E-state index in [4.69, 9.17) is 0 Å². The number of amides is 2. The highest BCUT2D eigenvalue weighted by Gasteiger charge is 2.28. The Bertz CT molecular complexity index is 811. The summed E-state index contributed by atoms with van der Waals surface area (Å²) < 4.78 is 13.0. The molecule has 0 heterocycles. The van der Waals surface area contributed by atoms with E-state index in [-0.39, 0.29) is 23.4 Å². The number of halogens is 1. The molecule has 1 N–H and O–H groups in total. The van der Waals surface area contributed by atoms with Crippen molar-refractivity contribution in [3.8, 4) is 0 Å². The van der Waals surface area contributed by atoms with Crippen molar-refractivity contribution in [2.45, 2.75) is 45.5 Å². The molecular weight excluding hydrogens is 387 g/mol. The first-order valence-electron chi connectivity index (χ1n) is 9.89. The van der Waals surface area contributed by atoms with E-state index in [0.29, 0.717) is 25.3 Å². The summed E-state index contributed by atoms with van der Waals surface area (Å²) in [5.41, 5.74) is 3.08. The predicted octanol–water partition coefficient (Wildman–Crippen LogP) is 4.31. The van der Waals surface area contributed by atoms with Gasteiger partial charge in [-0.25, -0.2) is 4.39 Å². The van der Waals surface area contributed by atoms with Crippen LogP contribution in [-0.2, 0) is 21.9 Å². The van der Waals surface area contributed by atoms with Crippen LogP contribution in [0.4, 0.5) is 4.39 Å². The minimum absolute atomic E-state index is 0.0725. The third-order valence-corrected chi connectivity index (χ3v) is 5.57. The van der Waals surface area contributed by atoms with E-state index in [1.54, 1.807) is 17.0 Å². The monoisotopic (exact) mass is 416 g/mol. The van der Waals surface area contributed by atoms with E-state index in [0.717, 1.165) is 16.7 Å². The lowest BCUT2D eigenvalue weighted by atomic mass is 10.1. The Morgan fingerprint density at radius 2 is 1.83 bits per heavy atom. The fourth-order valence-corrected chi connectivity index (χ4v) is 4.01. The first kappa shape index (κ1) is 22.9. The second-order valence-corrected chi connectivity index (χ2v) is 7.93. The van der Waals surface area contributed by atoms with Crippen molar-refractivity contribution in [3.05, 3.63) is 71.0 Å². The Balaban J connectivity index is 2.10. The van der Waals surface area contributed by atoms with Gasteiger partial charge in [-0.3, -0.25) is 9.59 Å². The predicted molar refractivity (Wildman–Crippen MR) is 117 cm³/mol. The quantitative estimate of drug-likeness (QED) is 0.628. The molecular formula is C23H29FN2O2S. The van der Waals surface area contributed by atoms with Gasteiger partial charge in [-0.05, 0) is 43.5 Å². The van der Waals surface area contributed by atoms with Gasteiger partial charge in [0.15, 0.2) is 0 Å². The summed E-state index contributed by atoms with van der Waals surface area (Å²) in [6, 6.07) is 13.8. The number of rotatable bonds is 10. The number of hydrogen-bond acceptors (Lipinski definition) is 3. The Morgan fingerprint density at radius 1 is 1.10 bits per heavy atom. The zero-order valence-corrected chi connectivity index (χ0v) is 18.1. The Hall–Kier alpha value is -2.34. The van der Waals surface area contributed by atoms with Crippen LogP contribution in [0.1, 0.15) is 37.0 Å². The molecule has 0 spiro atoms. The molecule has 0 fully saturated rings. The van der Waals surface area contributed by atoms with Gasteiger partial charge in [0, 0.05) is 18.8 Å². The van der Waals surface area contributed by atoms with Gasteiger partial charge >= 0.3 is 0 Å². The first-order chi connectivity index (χ1) is 13.9. The van der Waals surface area contributed by atoms with Crippen molar-refractivity contribution < 1.29 is 14.0 Å². The summed E-state index contributed by atoms with van der Waals surface area (Å²) in [7, 11) is 0. The Kier molecular flexibility index (Phi) is 9.19. The highest BCUT2D eigenvalue weighted by molar-refractivity contribution is 7.99. The van der Waals surface area contributed by atoms with Crippen LogP contribution in [0.25, 0.3) is 0 Å². The van der Waals surface area contributed by atoms with Gasteiger partial charge in [0.25, 0.3) is 0 Å². The highest BCUT2D eigenvalue weighted by Crippen LogP contribution is 2.18. The summed E-state index contributed by atoms with van der Waals surface area (Å²) in [4.78, 5) is 27.3. The number of benzene rings is 2. The number of aryl methyl sites for hydroxylation is 1. The van der Waals surface area contributed by atoms with Gasteiger partial charge in [0.2, 0.25) is 11.8 Å². The smallest absolute Gasteiger partial charge is 0.242 e. The molecule has 2 aromatic carbocycles. The molecule has 2 rings (SSSR count). The summed E-state index contributed by atoms with van der Waals surface area (Å²) in [5.74, 6) is 0.407. The Morgan fingerprint density at radius 3 is 2.45 bits per heavy atom. The molecule has 29 heavy (non-hydrogen) atoms. The molecule has 0 saturated carbocycles. The minimum Gasteiger partial charge on any atom is -0.355 e. The van der Waals surface area contributed by atoms with Crippen LogP contribution >= 0.6 is 11.8 Å². The number of nitrogens with one attached hydrogen (secondary N) is 1. The van der Waals surface area contributed by atoms with Crippen molar-refractivity contribution in [1.29, 1.82) is 0 Å². The normalized spacial score (nSPS) is 11.7. The molecule has 4 nitrogen and oxygen atoms in total. The van der Waals surface area contributed by atoms with E-state index in [1.165, 1.54) is 23.9 Å². The molecule has 2 amide bonds. The average Bonchev–Trinajstić information content (AvgIpc) is 2.69. The van der Waals surface area contributed by atoms with Gasteiger partial charge in [-0.15, -0.1) is 11.8 Å². The van der Waals surface area contributed by atoms with Crippen LogP contribution in [0, 0.1) is 12.7 Å². The van der Waals surface area contributed by atoms with Crippen LogP contribution in [0.2, 0.25) is 0 Å². The second kappa shape index (κ2) is 11.6. The zero-order valence-electron chi connectivity index (χ0n) is 17.3. The van der Waals surface area contributed by atoms with E-state index in [2.05, 4.69) is 5.32 Å². The molecule has 0 aromatic heterocycles. The Labute approximate surface area is 176 Å². The van der Waals surface area contributed by atoms with Crippen LogP contribution < -0.4 is 5.32 Å². The molecule has 156 valence electrons. The molecule has 2 aromatic rings. The van der Waals surface area contributed by atoms with Crippen molar-refractivity contribution in [2.75, 3.05) is 12.3 Å². The van der Waals surface area contributed by atoms with Crippen LogP contribution in [-0.4, -0.2) is 35.1 Å². The summed E-state index contributed by atoms with van der Waals surface area (Å²) in [6.45, 7) is 6.72. The van der Waals surface area contributed by atoms with Crippen molar-refractivity contribution in [2.24, 2.45) is 0 Å². The van der Waals surface area contributed by atoms with Gasteiger partial charge in [-0.1, -0.05) is 48.9 Å². The van der Waals surface area contributed by atoms with Crippen molar-refractivity contribution in [3.63, 3.8) is 0 Å². The largest absolute Gasteiger partial charge is 0.355 e. The lowest BCUT2D eigenvalue weighted by molar-refractivity contribution is -0.139. The highest BCUT2D eigenvalue weighted by atomic mass is 32.2. The molecule has 0 saturated heterocycles. The standard InChI is InChI=1S/C23H29FN2O2S/c1-4-21(23(28)25-5-2)26(14-19-8-6-7-17(3)13-19)22(27)16-29-15-18-9-11-20(24)12-10-18/h6-13,21H,4-5,14-16H2,1-3H3,(H,25,28). The number of likely N-dealkylation sites (N-methyl/N-ethyl adjacent to an activating group) is 1. The molecule has 0 bridgehead atoms. The molecule has 0 aliphatic heterocycles. The number of nitrogens with zero attached hydrogens (tertiary/aromatic N) is 1. The second-order valence-electron chi connectivity index (χ2n) is 6.95. The third-order valence-electron chi connectivity index (χ3n) is 4.58. The van der Waals surface area contributed by atoms with E-state index >= 15 is 0 Å². The lowest BCUT2D eigenvalue weighted by Crippen LogP contribution is -2.49. The molecule has 6 heteroatoms. The minimum atomic E-state index is -0.505. The maximum Gasteiger partial charge on any atom is 0.242 e. The van der Waals surface area contributed by atoms with E-state index in [9.17, 15) is 14.0 Å². The average molecular weight is 417 g/mol. The van der Waals surface area contributed by atoms with Crippen LogP contribution in [0.5, 0.6) is 0 Å². The van der Waals surface area contributed by atoms with E-state index in [1.807, 2.05) is 45.0 Å². The number of hydrogen-bond donors (Lipinski definition) is 1. The maximum absolute atomic E-state index is 13.1. The molecule has 1 atom stereocenters. The van der Waals surface area contributed by atoms with Gasteiger partial charge in [0.05, 0.1) is 5.75 Å². The lowest BCUT2D eigenvalue weighted by Gasteiger charge is -2.30. The maximum atomic E-state index is 13.1. The number of carbonyl (C=O) groups is 2. The fraction of sp³-hybridized carbons (Fsp3) is 0.391. The first-order valence-corrected chi connectivity index (χ1v) is 11.0. The molecule has 1 unspecified atom stereocenters. The molecule has 0 aliphatic carbocycles. The topological polar surface area (TPSA) is 49.4 Å². The fourth-order valence-electron chi connectivity index (χ4n) is 3.14. The van der Waals surface area contributed by atoms with Gasteiger partial charge < -0.3 is 10.2 Å². The van der Waals surface area contributed by atoms with Gasteiger partial charge in [0.1, 0.15) is 11.9 Å². The molecule has 0 aliphatic rings. The number of thioether (sulfide) groups is 1.